The van der Waals surface area contributed by atoms with Crippen LogP contribution in [0.5, 0.6) is 0 Å². The fraction of sp³-hybridized carbons (Fsp3) is 0.381. The minimum absolute atomic E-state index is 0.0112. The smallest absolute Gasteiger partial charge is 0.255 e. The number of morpholine rings is 1. The van der Waals surface area contributed by atoms with Gasteiger partial charge in [0.1, 0.15) is 17.6 Å². The van der Waals surface area contributed by atoms with Gasteiger partial charge in [-0.25, -0.2) is 4.98 Å². The number of imidazole rings is 1. The molecule has 7 nitrogen and oxygen atoms in total. The van der Waals surface area contributed by atoms with Gasteiger partial charge in [0.2, 0.25) is 0 Å². The second-order valence-electron chi connectivity index (χ2n) is 7.32. The molecule has 144 valence electrons. The number of ether oxygens (including phenoxy) is 1. The average Bonchev–Trinajstić information content (AvgIpc) is 3.43. The molecule has 3 aromatic heterocycles. The lowest BCUT2D eigenvalue weighted by atomic mass is 10.2. The molecule has 1 atom stereocenters. The van der Waals surface area contributed by atoms with Crippen LogP contribution in [0.1, 0.15) is 35.0 Å². The number of carbonyl (C=O) groups is 1. The van der Waals surface area contributed by atoms with E-state index in [2.05, 4.69) is 32.6 Å². The molecule has 0 aliphatic carbocycles. The van der Waals surface area contributed by atoms with Gasteiger partial charge in [-0.05, 0) is 37.1 Å². The van der Waals surface area contributed by atoms with Crippen molar-refractivity contribution in [1.82, 2.24) is 19.3 Å². The molecule has 0 spiro atoms. The van der Waals surface area contributed by atoms with Gasteiger partial charge in [0, 0.05) is 38.2 Å². The summed E-state index contributed by atoms with van der Waals surface area (Å²) in [4.78, 5) is 25.9. The van der Waals surface area contributed by atoms with E-state index >= 15 is 0 Å². The molecule has 0 bridgehead atoms. The van der Waals surface area contributed by atoms with Crippen molar-refractivity contribution in [2.75, 3.05) is 37.7 Å². The summed E-state index contributed by atoms with van der Waals surface area (Å²) in [5.41, 5.74) is 2.39. The predicted octanol–water partition coefficient (Wildman–Crippen LogP) is 2.54. The summed E-state index contributed by atoms with van der Waals surface area (Å²) in [6.45, 7) is 3.75. The summed E-state index contributed by atoms with van der Waals surface area (Å²) >= 11 is 0. The van der Waals surface area contributed by atoms with Crippen molar-refractivity contribution in [2.45, 2.75) is 18.9 Å². The number of aromatic nitrogens is 3. The van der Waals surface area contributed by atoms with Crippen LogP contribution in [0.25, 0.3) is 5.65 Å². The first-order valence-electron chi connectivity index (χ1n) is 9.83. The average molecular weight is 377 g/mol. The Hall–Kier alpha value is -2.93. The van der Waals surface area contributed by atoms with E-state index in [1.54, 1.807) is 24.5 Å². The lowest BCUT2D eigenvalue weighted by molar-refractivity contribution is -0.0245. The lowest BCUT2D eigenvalue weighted by Crippen LogP contribution is -2.42. The highest BCUT2D eigenvalue weighted by atomic mass is 16.5. The summed E-state index contributed by atoms with van der Waals surface area (Å²) in [6, 6.07) is 9.80. The number of hydrogen-bond acceptors (Lipinski definition) is 5. The van der Waals surface area contributed by atoms with E-state index in [0.717, 1.165) is 24.4 Å². The van der Waals surface area contributed by atoms with Crippen LogP contribution >= 0.6 is 0 Å². The molecule has 2 fully saturated rings. The molecule has 2 aliphatic heterocycles. The number of carbonyl (C=O) groups excluding carboxylic acids is 1. The maximum absolute atomic E-state index is 12.8. The third kappa shape index (κ3) is 3.11. The Kier molecular flexibility index (Phi) is 4.44. The van der Waals surface area contributed by atoms with E-state index in [-0.39, 0.29) is 12.0 Å². The van der Waals surface area contributed by atoms with E-state index in [0.29, 0.717) is 25.3 Å². The van der Waals surface area contributed by atoms with E-state index in [1.807, 2.05) is 11.0 Å². The summed E-state index contributed by atoms with van der Waals surface area (Å²) in [7, 11) is 0. The zero-order chi connectivity index (χ0) is 18.9. The van der Waals surface area contributed by atoms with Gasteiger partial charge in [-0.1, -0.05) is 6.07 Å². The van der Waals surface area contributed by atoms with Gasteiger partial charge in [-0.3, -0.25) is 14.2 Å². The first-order valence-corrected chi connectivity index (χ1v) is 9.83. The molecule has 2 aliphatic rings. The largest absolute Gasteiger partial charge is 0.368 e. The topological polar surface area (TPSA) is 63.0 Å². The van der Waals surface area contributed by atoms with Crippen LogP contribution in [0, 0.1) is 0 Å². The number of anilines is 1. The molecule has 3 aromatic rings. The molecular weight excluding hydrogens is 354 g/mol. The van der Waals surface area contributed by atoms with E-state index in [4.69, 9.17) is 9.72 Å². The molecule has 28 heavy (non-hydrogen) atoms. The summed E-state index contributed by atoms with van der Waals surface area (Å²) in [5.74, 6) is 1.16. The highest BCUT2D eigenvalue weighted by molar-refractivity contribution is 5.93. The Labute approximate surface area is 163 Å². The van der Waals surface area contributed by atoms with Crippen molar-refractivity contribution in [3.63, 3.8) is 0 Å². The van der Waals surface area contributed by atoms with Crippen LogP contribution in [0.15, 0.2) is 48.9 Å². The zero-order valence-corrected chi connectivity index (χ0v) is 15.7. The van der Waals surface area contributed by atoms with Gasteiger partial charge in [-0.2, -0.15) is 0 Å². The number of pyridine rings is 2. The fourth-order valence-electron chi connectivity index (χ4n) is 4.06. The van der Waals surface area contributed by atoms with Crippen LogP contribution < -0.4 is 4.90 Å². The Morgan fingerprint density at radius 3 is 2.82 bits per heavy atom. The number of nitrogens with zero attached hydrogens (tertiary/aromatic N) is 5. The van der Waals surface area contributed by atoms with Gasteiger partial charge >= 0.3 is 0 Å². The Morgan fingerprint density at radius 1 is 1.11 bits per heavy atom. The van der Waals surface area contributed by atoms with Gasteiger partial charge in [0.15, 0.2) is 0 Å². The summed E-state index contributed by atoms with van der Waals surface area (Å²) < 4.78 is 8.12. The highest BCUT2D eigenvalue weighted by Gasteiger charge is 2.28. The third-order valence-electron chi connectivity index (χ3n) is 5.51. The first kappa shape index (κ1) is 17.2. The van der Waals surface area contributed by atoms with Crippen molar-refractivity contribution in [2.24, 2.45) is 0 Å². The van der Waals surface area contributed by atoms with Crippen LogP contribution in [0.2, 0.25) is 0 Å². The standard InChI is InChI=1S/C21H23N5O2/c27-21(16-5-4-8-22-13-16)25-11-12-28-18(15-25)17-14-26-19(23-17)6-3-7-20(26)24-9-1-2-10-24/h3-8,13-14,18H,1-2,9-12,15H2/t18-/m1/s1. The van der Waals surface area contributed by atoms with Gasteiger partial charge in [0.25, 0.3) is 5.91 Å². The van der Waals surface area contributed by atoms with E-state index < -0.39 is 0 Å². The van der Waals surface area contributed by atoms with Crippen molar-refractivity contribution in [3.8, 4) is 0 Å². The summed E-state index contributed by atoms with van der Waals surface area (Å²) in [6.07, 6.45) is 7.59. The minimum Gasteiger partial charge on any atom is -0.368 e. The molecule has 2 saturated heterocycles. The minimum atomic E-state index is -0.222. The second kappa shape index (κ2) is 7.24. The lowest BCUT2D eigenvalue weighted by Gasteiger charge is -2.32. The van der Waals surface area contributed by atoms with Crippen LogP contribution in [0.4, 0.5) is 5.82 Å². The normalized spacial score (nSPS) is 20.1. The zero-order valence-electron chi connectivity index (χ0n) is 15.7. The molecule has 0 N–H and O–H groups in total. The second-order valence-corrected chi connectivity index (χ2v) is 7.32. The van der Waals surface area contributed by atoms with Gasteiger partial charge in [-0.15, -0.1) is 0 Å². The molecule has 1 amide bonds. The Balaban J connectivity index is 1.40. The Morgan fingerprint density at radius 2 is 2.00 bits per heavy atom. The molecule has 5 heterocycles. The quantitative estimate of drug-likeness (QED) is 0.702. The van der Waals surface area contributed by atoms with Gasteiger partial charge in [0.05, 0.1) is 24.4 Å². The molecule has 0 radical (unpaired) electrons. The first-order chi connectivity index (χ1) is 13.8. The number of rotatable bonds is 3. The predicted molar refractivity (Wildman–Crippen MR) is 105 cm³/mol. The monoisotopic (exact) mass is 377 g/mol. The van der Waals surface area contributed by atoms with Crippen LogP contribution in [0.3, 0.4) is 0 Å². The van der Waals surface area contributed by atoms with Crippen molar-refractivity contribution >= 4 is 17.4 Å². The van der Waals surface area contributed by atoms with Gasteiger partial charge < -0.3 is 14.5 Å². The van der Waals surface area contributed by atoms with Crippen molar-refractivity contribution in [1.29, 1.82) is 0 Å². The maximum Gasteiger partial charge on any atom is 0.255 e. The summed E-state index contributed by atoms with van der Waals surface area (Å²) in [5, 5.41) is 0. The number of amides is 1. The maximum atomic E-state index is 12.8. The highest BCUT2D eigenvalue weighted by Crippen LogP contribution is 2.27. The van der Waals surface area contributed by atoms with E-state index in [1.165, 1.54) is 18.7 Å². The number of hydrogen-bond donors (Lipinski definition) is 0. The SMILES string of the molecule is O=C(c1cccnc1)N1CCO[C@@H](c2cn3c(N4CCCC4)cccc3n2)C1. The molecule has 7 heteroatoms. The van der Waals surface area contributed by atoms with Crippen molar-refractivity contribution < 1.29 is 9.53 Å². The van der Waals surface area contributed by atoms with Crippen LogP contribution in [-0.2, 0) is 4.74 Å². The van der Waals surface area contributed by atoms with Crippen molar-refractivity contribution in [3.05, 3.63) is 60.2 Å². The number of fused-ring (bicyclic) bond motifs is 1. The molecule has 5 rings (SSSR count). The third-order valence-corrected chi connectivity index (χ3v) is 5.51. The molecule has 0 unspecified atom stereocenters. The van der Waals surface area contributed by atoms with E-state index in [9.17, 15) is 4.79 Å². The van der Waals surface area contributed by atoms with Crippen LogP contribution in [-0.4, -0.2) is 58.0 Å². The fourth-order valence-corrected chi connectivity index (χ4v) is 4.06. The molecular formula is C21H23N5O2. The Bertz CT molecular complexity index is 981. The molecule has 0 aromatic carbocycles. The molecule has 0 saturated carbocycles.